The van der Waals surface area contributed by atoms with Crippen molar-refractivity contribution in [1.82, 2.24) is 9.97 Å². The fourth-order valence-corrected chi connectivity index (χ4v) is 3.91. The fourth-order valence-electron chi connectivity index (χ4n) is 3.91. The molecular weight excluding hydrogens is 278 g/mol. The molecule has 120 valence electrons. The molecule has 0 spiro atoms. The van der Waals surface area contributed by atoms with E-state index < -0.39 is 0 Å². The number of aliphatic hydroxyl groups excluding tert-OH is 1. The third-order valence-corrected chi connectivity index (χ3v) is 5.20. The van der Waals surface area contributed by atoms with E-state index in [0.29, 0.717) is 0 Å². The molecule has 22 heavy (non-hydrogen) atoms. The smallest absolute Gasteiger partial charge is 0.228 e. The number of hydrogen-bond donors (Lipinski definition) is 1. The highest BCUT2D eigenvalue weighted by molar-refractivity contribution is 5.43. The molecule has 0 bridgehead atoms. The van der Waals surface area contributed by atoms with Gasteiger partial charge in [0.1, 0.15) is 6.10 Å². The predicted molar refractivity (Wildman–Crippen MR) is 84.4 cm³/mol. The summed E-state index contributed by atoms with van der Waals surface area (Å²) in [4.78, 5) is 11.8. The Morgan fingerprint density at radius 1 is 0.955 bits per heavy atom. The van der Waals surface area contributed by atoms with Crippen LogP contribution in [0.4, 0.5) is 5.95 Å². The van der Waals surface area contributed by atoms with Gasteiger partial charge in [0, 0.05) is 18.7 Å². The quantitative estimate of drug-likeness (QED) is 0.928. The molecule has 1 aromatic rings. The molecule has 2 aliphatic carbocycles. The average Bonchev–Trinajstić information content (AvgIpc) is 3.17. The van der Waals surface area contributed by atoms with E-state index in [9.17, 15) is 5.11 Å². The summed E-state index contributed by atoms with van der Waals surface area (Å²) < 4.78 is 6.13. The van der Waals surface area contributed by atoms with Crippen molar-refractivity contribution in [2.45, 2.75) is 70.0 Å². The minimum atomic E-state index is -0.342. The van der Waals surface area contributed by atoms with Crippen LogP contribution in [-0.4, -0.2) is 40.4 Å². The van der Waals surface area contributed by atoms with Crippen LogP contribution < -0.4 is 9.64 Å². The molecule has 1 saturated heterocycles. The Morgan fingerprint density at radius 3 is 2.59 bits per heavy atom. The van der Waals surface area contributed by atoms with Gasteiger partial charge < -0.3 is 14.7 Å². The third-order valence-electron chi connectivity index (χ3n) is 5.20. The molecule has 1 N–H and O–H groups in total. The number of rotatable bonds is 3. The van der Waals surface area contributed by atoms with Gasteiger partial charge in [-0.05, 0) is 57.8 Å². The lowest BCUT2D eigenvalue weighted by Crippen LogP contribution is -2.32. The number of anilines is 1. The molecule has 0 aromatic carbocycles. The van der Waals surface area contributed by atoms with Crippen LogP contribution >= 0.6 is 0 Å². The summed E-state index contributed by atoms with van der Waals surface area (Å²) in [5, 5.41) is 10.0. The lowest BCUT2D eigenvalue weighted by Gasteiger charge is -2.28. The van der Waals surface area contributed by atoms with E-state index in [1.807, 2.05) is 0 Å². The first kappa shape index (κ1) is 14.2. The predicted octanol–water partition coefficient (Wildman–Crippen LogP) is 2.25. The highest BCUT2D eigenvalue weighted by Gasteiger charge is 2.30. The van der Waals surface area contributed by atoms with Crippen molar-refractivity contribution in [1.29, 1.82) is 0 Å². The van der Waals surface area contributed by atoms with Crippen LogP contribution in [0.1, 0.15) is 56.2 Å². The van der Waals surface area contributed by atoms with Crippen molar-refractivity contribution >= 4 is 5.95 Å². The summed E-state index contributed by atoms with van der Waals surface area (Å²) in [5.41, 5.74) is 2.35. The molecule has 0 amide bonds. The molecule has 1 aliphatic heterocycles. The Kier molecular flexibility index (Phi) is 3.90. The molecule has 1 aromatic heterocycles. The van der Waals surface area contributed by atoms with E-state index in [1.165, 1.54) is 24.8 Å². The van der Waals surface area contributed by atoms with Crippen LogP contribution in [0.15, 0.2) is 0 Å². The van der Waals surface area contributed by atoms with Gasteiger partial charge in [-0.25, -0.2) is 4.98 Å². The van der Waals surface area contributed by atoms with Crippen LogP contribution in [-0.2, 0) is 12.8 Å². The van der Waals surface area contributed by atoms with Gasteiger partial charge in [0.15, 0.2) is 0 Å². The first-order valence-corrected chi connectivity index (χ1v) is 8.81. The largest absolute Gasteiger partial charge is 0.471 e. The molecule has 0 unspecified atom stereocenters. The molecular formula is C17H25N3O2. The van der Waals surface area contributed by atoms with Crippen LogP contribution in [0.25, 0.3) is 0 Å². The molecule has 4 rings (SSSR count). The summed E-state index contributed by atoms with van der Waals surface area (Å²) in [6.07, 6.45) is 9.30. The number of ether oxygens (including phenoxy) is 1. The number of fused-ring (bicyclic) bond motifs is 1. The maximum absolute atomic E-state index is 10.0. The van der Waals surface area contributed by atoms with E-state index in [4.69, 9.17) is 14.7 Å². The second-order valence-electron chi connectivity index (χ2n) is 6.81. The molecule has 0 radical (unpaired) electrons. The van der Waals surface area contributed by atoms with Gasteiger partial charge in [-0.1, -0.05) is 0 Å². The van der Waals surface area contributed by atoms with Gasteiger partial charge >= 0.3 is 0 Å². The number of aliphatic hydroxyl groups is 1. The van der Waals surface area contributed by atoms with Crippen molar-refractivity contribution in [3.63, 3.8) is 0 Å². The first-order valence-electron chi connectivity index (χ1n) is 8.81. The summed E-state index contributed by atoms with van der Waals surface area (Å²) in [5.74, 6) is 1.58. The van der Waals surface area contributed by atoms with Gasteiger partial charge in [0.25, 0.3) is 0 Å². The van der Waals surface area contributed by atoms with Crippen molar-refractivity contribution in [2.75, 3.05) is 18.0 Å². The summed E-state index contributed by atoms with van der Waals surface area (Å²) >= 11 is 0. The van der Waals surface area contributed by atoms with Crippen molar-refractivity contribution in [3.8, 4) is 5.88 Å². The summed E-state index contributed by atoms with van der Waals surface area (Å²) in [6.45, 7) is 2.09. The fraction of sp³-hybridized carbons (Fsp3) is 0.765. The summed E-state index contributed by atoms with van der Waals surface area (Å²) in [6, 6.07) is 0. The standard InChI is InChI=1S/C17H25N3O2/c21-14-8-5-9-15(14)22-16-12-6-4-7-13(12)18-17(19-16)20-10-2-1-3-11-20/h14-15,21H,1-11H2/t14-,15-/m0/s1. The number of nitrogens with zero attached hydrogens (tertiary/aromatic N) is 3. The molecule has 3 aliphatic rings. The Morgan fingerprint density at radius 2 is 1.82 bits per heavy atom. The topological polar surface area (TPSA) is 58.5 Å². The molecule has 2 fully saturated rings. The molecule has 2 heterocycles. The SMILES string of the molecule is O[C@H]1CCC[C@@H]1Oc1nc(N2CCCCC2)nc2c1CCC2. The van der Waals surface area contributed by atoms with Gasteiger partial charge in [-0.3, -0.25) is 0 Å². The van der Waals surface area contributed by atoms with Gasteiger partial charge in [-0.15, -0.1) is 0 Å². The maximum atomic E-state index is 10.0. The minimum absolute atomic E-state index is 0.0891. The van der Waals surface area contributed by atoms with Gasteiger partial charge in [0.05, 0.1) is 11.8 Å². The van der Waals surface area contributed by atoms with Crippen molar-refractivity contribution < 1.29 is 9.84 Å². The second-order valence-corrected chi connectivity index (χ2v) is 6.81. The highest BCUT2D eigenvalue weighted by atomic mass is 16.5. The Bertz CT molecular complexity index is 543. The Balaban J connectivity index is 1.62. The van der Waals surface area contributed by atoms with E-state index >= 15 is 0 Å². The number of piperidine rings is 1. The second kappa shape index (κ2) is 6.03. The highest BCUT2D eigenvalue weighted by Crippen LogP contribution is 2.33. The molecule has 5 heteroatoms. The Hall–Kier alpha value is -1.36. The van der Waals surface area contributed by atoms with E-state index in [-0.39, 0.29) is 12.2 Å². The lowest BCUT2D eigenvalue weighted by atomic mass is 10.1. The number of aromatic nitrogens is 2. The molecule has 5 nitrogen and oxygen atoms in total. The number of aryl methyl sites for hydroxylation is 1. The van der Waals surface area contributed by atoms with Crippen molar-refractivity contribution in [2.24, 2.45) is 0 Å². The van der Waals surface area contributed by atoms with Crippen LogP contribution in [0, 0.1) is 0 Å². The average molecular weight is 303 g/mol. The molecule has 2 atom stereocenters. The van der Waals surface area contributed by atoms with Gasteiger partial charge in [-0.2, -0.15) is 4.98 Å². The van der Waals surface area contributed by atoms with Crippen LogP contribution in [0.5, 0.6) is 5.88 Å². The molecule has 1 saturated carbocycles. The monoisotopic (exact) mass is 303 g/mol. The lowest BCUT2D eigenvalue weighted by molar-refractivity contribution is 0.0567. The third kappa shape index (κ3) is 2.67. The maximum Gasteiger partial charge on any atom is 0.228 e. The summed E-state index contributed by atoms with van der Waals surface area (Å²) in [7, 11) is 0. The minimum Gasteiger partial charge on any atom is -0.471 e. The Labute approximate surface area is 131 Å². The zero-order valence-electron chi connectivity index (χ0n) is 13.1. The van der Waals surface area contributed by atoms with E-state index in [0.717, 1.165) is 69.1 Å². The number of hydrogen-bond acceptors (Lipinski definition) is 5. The zero-order chi connectivity index (χ0) is 14.9. The zero-order valence-corrected chi connectivity index (χ0v) is 13.1. The first-order chi connectivity index (χ1) is 10.8. The van der Waals surface area contributed by atoms with Crippen LogP contribution in [0.3, 0.4) is 0 Å². The van der Waals surface area contributed by atoms with Crippen LogP contribution in [0.2, 0.25) is 0 Å². The van der Waals surface area contributed by atoms with E-state index in [1.54, 1.807) is 0 Å². The van der Waals surface area contributed by atoms with Gasteiger partial charge in [0.2, 0.25) is 11.8 Å². The van der Waals surface area contributed by atoms with E-state index in [2.05, 4.69) is 4.90 Å². The van der Waals surface area contributed by atoms with Crippen molar-refractivity contribution in [3.05, 3.63) is 11.3 Å². The normalized spacial score (nSPS) is 28.0.